The molecule has 0 amide bonds. The number of hydrogen-bond donors (Lipinski definition) is 1. The second-order valence-electron chi connectivity index (χ2n) is 6.59. The molecule has 1 aliphatic heterocycles. The van der Waals surface area contributed by atoms with Crippen LogP contribution in [-0.2, 0) is 25.8 Å². The maximum atomic E-state index is 12.4. The zero-order valence-electron chi connectivity index (χ0n) is 14.8. The minimum Gasteiger partial charge on any atom is -0.283 e. The van der Waals surface area contributed by atoms with Gasteiger partial charge in [0.15, 0.2) is 0 Å². The maximum absolute atomic E-state index is 12.4. The van der Waals surface area contributed by atoms with Crippen LogP contribution in [-0.4, -0.2) is 29.1 Å². The Kier molecular flexibility index (Phi) is 4.98. The predicted octanol–water partition coefficient (Wildman–Crippen LogP) is 2.79. The Morgan fingerprint density at radius 3 is 2.35 bits per heavy atom. The molecule has 140 valence electrons. The van der Waals surface area contributed by atoms with Crippen molar-refractivity contribution in [1.29, 1.82) is 0 Å². The molecule has 26 heavy (non-hydrogen) atoms. The second kappa shape index (κ2) is 6.92. The summed E-state index contributed by atoms with van der Waals surface area (Å²) in [6, 6.07) is 12.3. The van der Waals surface area contributed by atoms with Crippen molar-refractivity contribution in [3.63, 3.8) is 0 Å². The molecular weight excluding hydrogens is 372 g/mol. The van der Waals surface area contributed by atoms with Crippen molar-refractivity contribution in [1.82, 2.24) is 0 Å². The van der Waals surface area contributed by atoms with E-state index in [1.165, 1.54) is 4.31 Å². The van der Waals surface area contributed by atoms with Crippen molar-refractivity contribution in [2.75, 3.05) is 21.3 Å². The van der Waals surface area contributed by atoms with E-state index in [4.69, 9.17) is 0 Å². The second-order valence-corrected chi connectivity index (χ2v) is 10.3. The number of aryl methyl sites for hydroxylation is 2. The van der Waals surface area contributed by atoms with Gasteiger partial charge in [0, 0.05) is 12.2 Å². The Hall–Kier alpha value is -2.06. The van der Waals surface area contributed by atoms with E-state index in [2.05, 4.69) is 4.72 Å². The Bertz CT molecular complexity index is 1010. The average Bonchev–Trinajstić information content (AvgIpc) is 2.88. The van der Waals surface area contributed by atoms with Crippen molar-refractivity contribution in [3.05, 3.63) is 59.2 Å². The molecule has 1 N–H and O–H groups in total. The number of nitrogens with one attached hydrogen (secondary N) is 1. The van der Waals surface area contributed by atoms with E-state index in [1.807, 2.05) is 19.1 Å². The zero-order chi connectivity index (χ0) is 18.9. The average molecular weight is 395 g/mol. The van der Waals surface area contributed by atoms with Gasteiger partial charge in [-0.1, -0.05) is 29.8 Å². The van der Waals surface area contributed by atoms with Gasteiger partial charge in [0.25, 0.3) is 0 Å². The third-order valence-corrected chi connectivity index (χ3v) is 7.43. The lowest BCUT2D eigenvalue weighted by atomic mass is 10.2. The van der Waals surface area contributed by atoms with Crippen LogP contribution in [0.5, 0.6) is 0 Å². The van der Waals surface area contributed by atoms with Crippen LogP contribution in [0.2, 0.25) is 0 Å². The summed E-state index contributed by atoms with van der Waals surface area (Å²) < 4.78 is 52.9. The fourth-order valence-corrected chi connectivity index (χ4v) is 5.84. The molecule has 1 saturated heterocycles. The van der Waals surface area contributed by atoms with Gasteiger partial charge in [0.1, 0.15) is 0 Å². The fraction of sp³-hybridized carbons (Fsp3) is 0.333. The zero-order valence-corrected chi connectivity index (χ0v) is 16.4. The van der Waals surface area contributed by atoms with Crippen LogP contribution >= 0.6 is 0 Å². The number of anilines is 2. The summed E-state index contributed by atoms with van der Waals surface area (Å²) >= 11 is 0. The molecule has 0 spiro atoms. The Morgan fingerprint density at radius 1 is 1.08 bits per heavy atom. The van der Waals surface area contributed by atoms with Gasteiger partial charge in [-0.3, -0.25) is 9.03 Å². The third kappa shape index (κ3) is 4.19. The van der Waals surface area contributed by atoms with E-state index in [0.29, 0.717) is 35.5 Å². The summed E-state index contributed by atoms with van der Waals surface area (Å²) in [5.41, 5.74) is 3.52. The van der Waals surface area contributed by atoms with E-state index in [9.17, 15) is 16.8 Å². The first-order valence-electron chi connectivity index (χ1n) is 8.33. The highest BCUT2D eigenvalue weighted by atomic mass is 32.2. The molecule has 0 aromatic heterocycles. The number of rotatable bonds is 5. The molecule has 2 aromatic rings. The molecule has 2 aromatic carbocycles. The Labute approximate surface area is 155 Å². The number of hydrogen-bond acceptors (Lipinski definition) is 4. The molecule has 0 saturated carbocycles. The minimum atomic E-state index is -3.55. The monoisotopic (exact) mass is 394 g/mol. The lowest BCUT2D eigenvalue weighted by Gasteiger charge is -2.20. The van der Waals surface area contributed by atoms with E-state index in [-0.39, 0.29) is 11.5 Å². The van der Waals surface area contributed by atoms with Crippen LogP contribution < -0.4 is 9.03 Å². The van der Waals surface area contributed by atoms with E-state index >= 15 is 0 Å². The third-order valence-electron chi connectivity index (χ3n) is 4.32. The molecule has 0 aliphatic carbocycles. The minimum absolute atomic E-state index is 0.116. The summed E-state index contributed by atoms with van der Waals surface area (Å²) in [4.78, 5) is 0. The Morgan fingerprint density at radius 2 is 1.77 bits per heavy atom. The van der Waals surface area contributed by atoms with Crippen molar-refractivity contribution in [2.45, 2.75) is 26.0 Å². The number of benzene rings is 2. The van der Waals surface area contributed by atoms with Crippen molar-refractivity contribution in [2.24, 2.45) is 0 Å². The van der Waals surface area contributed by atoms with Crippen LogP contribution in [0.1, 0.15) is 23.1 Å². The van der Waals surface area contributed by atoms with Gasteiger partial charge >= 0.3 is 0 Å². The first kappa shape index (κ1) is 18.7. The van der Waals surface area contributed by atoms with Gasteiger partial charge in [-0.15, -0.1) is 0 Å². The summed E-state index contributed by atoms with van der Waals surface area (Å²) in [5.74, 6) is 0.0337. The van der Waals surface area contributed by atoms with Gasteiger partial charge in [0.05, 0.1) is 17.2 Å². The smallest absolute Gasteiger partial charge is 0.236 e. The first-order valence-corrected chi connectivity index (χ1v) is 11.6. The number of sulfonamides is 2. The topological polar surface area (TPSA) is 83.6 Å². The van der Waals surface area contributed by atoms with E-state index in [1.54, 1.807) is 37.3 Å². The molecule has 3 rings (SSSR count). The summed E-state index contributed by atoms with van der Waals surface area (Å²) in [6.07, 6.45) is 0.604. The molecule has 0 radical (unpaired) electrons. The van der Waals surface area contributed by atoms with Gasteiger partial charge in [-0.25, -0.2) is 16.8 Å². The van der Waals surface area contributed by atoms with Crippen LogP contribution in [0, 0.1) is 13.8 Å². The highest BCUT2D eigenvalue weighted by Gasteiger charge is 2.29. The highest BCUT2D eigenvalue weighted by molar-refractivity contribution is 7.93. The standard InChI is InChI=1S/C18H22N2O4S2/c1-14-4-6-16(7-5-14)13-25(21,22)19-17-8-9-18(15(2)12-17)20-10-3-11-26(20,23)24/h4-9,12,19H,3,10-11,13H2,1-2H3. The van der Waals surface area contributed by atoms with Gasteiger partial charge < -0.3 is 0 Å². The molecule has 1 heterocycles. The molecule has 1 fully saturated rings. The van der Waals surface area contributed by atoms with Gasteiger partial charge in [-0.05, 0) is 49.6 Å². The SMILES string of the molecule is Cc1ccc(CS(=O)(=O)Nc2ccc(N3CCCS3(=O)=O)c(C)c2)cc1. The summed E-state index contributed by atoms with van der Waals surface area (Å²) in [6.45, 7) is 4.18. The lowest BCUT2D eigenvalue weighted by molar-refractivity contribution is 0.598. The summed E-state index contributed by atoms with van der Waals surface area (Å²) in [7, 11) is -6.81. The molecule has 0 unspecified atom stereocenters. The molecular formula is C18H22N2O4S2. The normalized spacial score (nSPS) is 16.6. The van der Waals surface area contributed by atoms with Crippen LogP contribution in [0.25, 0.3) is 0 Å². The molecule has 1 aliphatic rings. The molecule has 6 nitrogen and oxygen atoms in total. The molecule has 0 atom stereocenters. The fourth-order valence-electron chi connectivity index (χ4n) is 3.03. The Balaban J connectivity index is 1.78. The summed E-state index contributed by atoms with van der Waals surface area (Å²) in [5, 5.41) is 0. The largest absolute Gasteiger partial charge is 0.283 e. The molecule has 0 bridgehead atoms. The maximum Gasteiger partial charge on any atom is 0.236 e. The van der Waals surface area contributed by atoms with Crippen LogP contribution in [0.15, 0.2) is 42.5 Å². The quantitative estimate of drug-likeness (QED) is 0.845. The van der Waals surface area contributed by atoms with Crippen molar-refractivity contribution in [3.8, 4) is 0 Å². The predicted molar refractivity (Wildman–Crippen MR) is 104 cm³/mol. The van der Waals surface area contributed by atoms with E-state index in [0.717, 1.165) is 5.56 Å². The van der Waals surface area contributed by atoms with E-state index < -0.39 is 20.0 Å². The van der Waals surface area contributed by atoms with Crippen molar-refractivity contribution < 1.29 is 16.8 Å². The van der Waals surface area contributed by atoms with Crippen molar-refractivity contribution >= 4 is 31.4 Å². The number of nitrogens with zero attached hydrogens (tertiary/aromatic N) is 1. The van der Waals surface area contributed by atoms with Gasteiger partial charge in [-0.2, -0.15) is 0 Å². The van der Waals surface area contributed by atoms with Crippen LogP contribution in [0.4, 0.5) is 11.4 Å². The van der Waals surface area contributed by atoms with Crippen LogP contribution in [0.3, 0.4) is 0 Å². The first-order chi connectivity index (χ1) is 12.2. The lowest BCUT2D eigenvalue weighted by Crippen LogP contribution is -2.25. The highest BCUT2D eigenvalue weighted by Crippen LogP contribution is 2.29. The van der Waals surface area contributed by atoms with Gasteiger partial charge in [0.2, 0.25) is 20.0 Å². The molecule has 8 heteroatoms.